The zero-order valence-corrected chi connectivity index (χ0v) is 16.4. The summed E-state index contributed by atoms with van der Waals surface area (Å²) in [5.41, 5.74) is -0.721. The molecule has 0 saturated heterocycles. The van der Waals surface area contributed by atoms with E-state index in [1.54, 1.807) is 0 Å². The first-order chi connectivity index (χ1) is 11.2. The molecule has 0 fully saturated rings. The van der Waals surface area contributed by atoms with Gasteiger partial charge in [-0.2, -0.15) is 13.2 Å². The zero-order valence-electron chi connectivity index (χ0n) is 15.4. The highest BCUT2D eigenvalue weighted by atomic mass is 28.4. The second kappa shape index (κ2) is 7.37. The van der Waals surface area contributed by atoms with Crippen LogP contribution in [-0.2, 0) is 20.6 Å². The van der Waals surface area contributed by atoms with Crippen LogP contribution in [0.15, 0.2) is 28.7 Å². The number of carbonyl (C=O) groups is 1. The van der Waals surface area contributed by atoms with Crippen LogP contribution in [-0.4, -0.2) is 27.6 Å². The Balaban J connectivity index is 3.00. The summed E-state index contributed by atoms with van der Waals surface area (Å²) in [6.45, 7) is 13.6. The van der Waals surface area contributed by atoms with Gasteiger partial charge >= 0.3 is 12.1 Å². The third kappa shape index (κ3) is 5.21. The van der Waals surface area contributed by atoms with E-state index in [-0.39, 0.29) is 17.4 Å². The van der Waals surface area contributed by atoms with Gasteiger partial charge < -0.3 is 13.6 Å². The molecule has 1 rings (SSSR count). The summed E-state index contributed by atoms with van der Waals surface area (Å²) < 4.78 is 55.6. The van der Waals surface area contributed by atoms with E-state index in [0.29, 0.717) is 0 Å². The highest BCUT2D eigenvalue weighted by Gasteiger charge is 2.47. The van der Waals surface area contributed by atoms with Crippen LogP contribution in [0.1, 0.15) is 38.2 Å². The Morgan fingerprint density at radius 2 is 1.84 bits per heavy atom. The number of halogens is 3. The number of hydrogen-bond donors (Lipinski definition) is 0. The monoisotopic (exact) mass is 378 g/mol. The maximum atomic E-state index is 13.3. The van der Waals surface area contributed by atoms with Gasteiger partial charge in [0.2, 0.25) is 0 Å². The molecule has 0 N–H and O–H groups in total. The molecule has 0 saturated carbocycles. The molecule has 0 radical (unpaired) electrons. The number of ether oxygens (including phenoxy) is 1. The lowest BCUT2D eigenvalue weighted by molar-refractivity contribution is -0.155. The van der Waals surface area contributed by atoms with Gasteiger partial charge in [-0.1, -0.05) is 27.4 Å². The molecule has 1 atom stereocenters. The van der Waals surface area contributed by atoms with Crippen LogP contribution in [0.25, 0.3) is 0 Å². The van der Waals surface area contributed by atoms with Gasteiger partial charge in [-0.25, -0.2) is 4.79 Å². The van der Waals surface area contributed by atoms with Crippen molar-refractivity contribution in [1.29, 1.82) is 0 Å². The fourth-order valence-electron chi connectivity index (χ4n) is 1.87. The molecular formula is C17H25F3O4Si. The van der Waals surface area contributed by atoms with E-state index in [2.05, 4.69) is 32.1 Å². The van der Waals surface area contributed by atoms with E-state index in [1.165, 1.54) is 12.1 Å². The minimum Gasteiger partial charge on any atom is -0.466 e. The van der Waals surface area contributed by atoms with Crippen LogP contribution < -0.4 is 0 Å². The average Bonchev–Trinajstić information content (AvgIpc) is 2.90. The van der Waals surface area contributed by atoms with Crippen LogP contribution >= 0.6 is 0 Å². The van der Waals surface area contributed by atoms with Crippen molar-refractivity contribution in [3.05, 3.63) is 35.8 Å². The van der Waals surface area contributed by atoms with Crippen LogP contribution in [0.3, 0.4) is 0 Å². The number of furan rings is 1. The molecule has 1 heterocycles. The number of hydrogen-bond acceptors (Lipinski definition) is 4. The van der Waals surface area contributed by atoms with E-state index in [0.717, 1.165) is 7.11 Å². The first-order valence-corrected chi connectivity index (χ1v) is 10.7. The second-order valence-corrected chi connectivity index (χ2v) is 12.2. The molecule has 25 heavy (non-hydrogen) atoms. The van der Waals surface area contributed by atoms with E-state index in [9.17, 15) is 18.0 Å². The summed E-state index contributed by atoms with van der Waals surface area (Å²) >= 11 is 0. The number of rotatable bonds is 6. The van der Waals surface area contributed by atoms with Crippen molar-refractivity contribution in [2.75, 3.05) is 7.11 Å². The van der Waals surface area contributed by atoms with Gasteiger partial charge in [0.25, 0.3) is 0 Å². The normalized spacial score (nSPS) is 14.3. The molecule has 0 aromatic carbocycles. The third-order valence-electron chi connectivity index (χ3n) is 4.47. The minimum absolute atomic E-state index is 0.0316. The van der Waals surface area contributed by atoms with Crippen molar-refractivity contribution in [1.82, 2.24) is 0 Å². The van der Waals surface area contributed by atoms with E-state index in [4.69, 9.17) is 8.84 Å². The molecular weight excluding hydrogens is 353 g/mol. The number of carbonyl (C=O) groups excluding carboxylic acids is 1. The Labute approximate surface area is 147 Å². The highest BCUT2D eigenvalue weighted by Crippen LogP contribution is 2.41. The van der Waals surface area contributed by atoms with Gasteiger partial charge in [0.15, 0.2) is 8.32 Å². The third-order valence-corrected chi connectivity index (χ3v) is 8.95. The van der Waals surface area contributed by atoms with Crippen LogP contribution in [0.5, 0.6) is 0 Å². The minimum atomic E-state index is -4.72. The predicted molar refractivity (Wildman–Crippen MR) is 90.6 cm³/mol. The van der Waals surface area contributed by atoms with Crippen molar-refractivity contribution < 1.29 is 31.5 Å². The quantitative estimate of drug-likeness (QED) is 0.389. The first kappa shape index (κ1) is 21.5. The van der Waals surface area contributed by atoms with Crippen molar-refractivity contribution in [3.8, 4) is 0 Å². The molecule has 0 amide bonds. The molecule has 1 aromatic rings. The molecule has 1 aromatic heterocycles. The SMILES string of the molecule is C=C(C(=O)OC)[C@H](c1ccc(CO[Si](C)(C)C(C)(C)C)o1)C(F)(F)F. The molecule has 0 aliphatic heterocycles. The summed E-state index contributed by atoms with van der Waals surface area (Å²) in [6.07, 6.45) is -4.72. The van der Waals surface area contributed by atoms with Crippen molar-refractivity contribution in [3.63, 3.8) is 0 Å². The van der Waals surface area contributed by atoms with Crippen molar-refractivity contribution in [2.45, 2.75) is 57.6 Å². The first-order valence-electron chi connectivity index (χ1n) is 7.77. The number of alkyl halides is 3. The largest absolute Gasteiger partial charge is 0.466 e. The van der Waals surface area contributed by atoms with E-state index >= 15 is 0 Å². The Kier molecular flexibility index (Phi) is 6.34. The molecule has 4 nitrogen and oxygen atoms in total. The van der Waals surface area contributed by atoms with Gasteiger partial charge in [0.1, 0.15) is 17.4 Å². The predicted octanol–water partition coefficient (Wildman–Crippen LogP) is 5.18. The highest BCUT2D eigenvalue weighted by molar-refractivity contribution is 6.74. The standard InChI is InChI=1S/C17H25F3O4Si/c1-11(15(21)22-5)14(17(18,19)20)13-9-8-12(24-13)10-23-25(6,7)16(2,3)4/h8-9,14H,1,10H2,2-7H3/t14-/m1/s1. The molecule has 0 bridgehead atoms. The topological polar surface area (TPSA) is 48.7 Å². The second-order valence-electron chi connectivity index (χ2n) is 7.34. The average molecular weight is 378 g/mol. The van der Waals surface area contributed by atoms with Crippen molar-refractivity contribution >= 4 is 14.3 Å². The van der Waals surface area contributed by atoms with Gasteiger partial charge in [-0.05, 0) is 30.3 Å². The van der Waals surface area contributed by atoms with Gasteiger partial charge in [0, 0.05) is 5.57 Å². The summed E-state index contributed by atoms with van der Waals surface area (Å²) in [4.78, 5) is 11.5. The van der Waals surface area contributed by atoms with Gasteiger partial charge in [-0.3, -0.25) is 0 Å². The van der Waals surface area contributed by atoms with Crippen LogP contribution in [0, 0.1) is 0 Å². The smallest absolute Gasteiger partial charge is 0.402 e. The lowest BCUT2D eigenvalue weighted by Crippen LogP contribution is -2.40. The Bertz CT molecular complexity index is 627. The number of esters is 1. The molecule has 0 spiro atoms. The van der Waals surface area contributed by atoms with Crippen LogP contribution in [0.2, 0.25) is 18.1 Å². The van der Waals surface area contributed by atoms with Gasteiger partial charge in [-0.15, -0.1) is 0 Å². The number of methoxy groups -OCH3 is 1. The molecule has 0 aliphatic carbocycles. The summed E-state index contributed by atoms with van der Waals surface area (Å²) in [5, 5.41) is -0.0316. The summed E-state index contributed by atoms with van der Waals surface area (Å²) in [6, 6.07) is 2.61. The maximum Gasteiger partial charge on any atom is 0.402 e. The van der Waals surface area contributed by atoms with E-state index < -0.39 is 37.7 Å². The van der Waals surface area contributed by atoms with Crippen LogP contribution in [0.4, 0.5) is 13.2 Å². The van der Waals surface area contributed by atoms with E-state index in [1.807, 2.05) is 13.1 Å². The lowest BCUT2D eigenvalue weighted by Gasteiger charge is -2.35. The molecule has 8 heteroatoms. The zero-order chi connectivity index (χ0) is 19.6. The summed E-state index contributed by atoms with van der Waals surface area (Å²) in [5.74, 6) is -3.51. The Morgan fingerprint density at radius 1 is 1.28 bits per heavy atom. The molecule has 142 valence electrons. The van der Waals surface area contributed by atoms with Crippen molar-refractivity contribution in [2.24, 2.45) is 0 Å². The maximum absolute atomic E-state index is 13.3. The molecule has 0 unspecified atom stereocenters. The van der Waals surface area contributed by atoms with Gasteiger partial charge in [0.05, 0.1) is 13.7 Å². The Morgan fingerprint density at radius 3 is 2.28 bits per heavy atom. The summed E-state index contributed by atoms with van der Waals surface area (Å²) in [7, 11) is -1.06. The molecule has 0 aliphatic rings. The lowest BCUT2D eigenvalue weighted by atomic mass is 9.97. The fourth-order valence-corrected chi connectivity index (χ4v) is 2.81. The Hall–Kier alpha value is -1.54. The fraction of sp³-hybridized carbons (Fsp3) is 0.588.